The first kappa shape index (κ1) is 22.3. The van der Waals surface area contributed by atoms with E-state index in [1.165, 1.54) is 11.3 Å². The van der Waals surface area contributed by atoms with Gasteiger partial charge in [0.1, 0.15) is 0 Å². The second-order valence-corrected chi connectivity index (χ2v) is 8.30. The third-order valence-electron chi connectivity index (χ3n) is 4.83. The van der Waals surface area contributed by atoms with Crippen LogP contribution in [0.15, 0.2) is 0 Å². The van der Waals surface area contributed by atoms with Crippen LogP contribution < -0.4 is 5.32 Å². The van der Waals surface area contributed by atoms with Gasteiger partial charge in [0.2, 0.25) is 11.8 Å². The summed E-state index contributed by atoms with van der Waals surface area (Å²) in [6, 6.07) is 0. The maximum Gasteiger partial charge on any atom is 0.307 e. The molecule has 1 saturated heterocycles. The highest BCUT2D eigenvalue weighted by molar-refractivity contribution is 7.15. The summed E-state index contributed by atoms with van der Waals surface area (Å²) in [4.78, 5) is 45.5. The van der Waals surface area contributed by atoms with Crippen molar-refractivity contribution in [3.05, 3.63) is 10.6 Å². The predicted octanol–water partition coefficient (Wildman–Crippen LogP) is 1.82. The first-order valence-corrected chi connectivity index (χ1v) is 10.5. The van der Waals surface area contributed by atoms with Gasteiger partial charge in [0, 0.05) is 25.0 Å². The summed E-state index contributed by atoms with van der Waals surface area (Å²) < 4.78 is 4.90. The monoisotopic (exact) mass is 410 g/mol. The Balaban J connectivity index is 1.81. The number of carbonyl (C=O) groups is 3. The minimum absolute atomic E-state index is 0.0144. The number of aryl methyl sites for hydroxylation is 2. The zero-order valence-electron chi connectivity index (χ0n) is 17.1. The molecule has 156 valence electrons. The standard InChI is InChI=1S/C19H30N4O4S/c1-5-27-17(25)8-10-22(4)18(26)15-7-6-9-23(11-15)12-16(24)21-19-20-13(2)14(3)28-19/h15H,5-12H2,1-4H3,(H,20,21,24). The lowest BCUT2D eigenvalue weighted by Crippen LogP contribution is -2.46. The first-order chi connectivity index (χ1) is 13.3. The van der Waals surface area contributed by atoms with Crippen LogP contribution in [0.1, 0.15) is 36.8 Å². The number of piperidine rings is 1. The number of amides is 2. The minimum Gasteiger partial charge on any atom is -0.466 e. The van der Waals surface area contributed by atoms with Crippen LogP contribution in [0.25, 0.3) is 0 Å². The summed E-state index contributed by atoms with van der Waals surface area (Å²) in [5.74, 6) is -0.548. The Hall–Kier alpha value is -2.00. The third-order valence-corrected chi connectivity index (χ3v) is 5.82. The third kappa shape index (κ3) is 6.56. The van der Waals surface area contributed by atoms with Crippen LogP contribution in [0.5, 0.6) is 0 Å². The van der Waals surface area contributed by atoms with E-state index in [0.717, 1.165) is 30.0 Å². The molecule has 0 saturated carbocycles. The lowest BCUT2D eigenvalue weighted by atomic mass is 9.96. The average molecular weight is 411 g/mol. The number of nitrogens with one attached hydrogen (secondary N) is 1. The van der Waals surface area contributed by atoms with Crippen molar-refractivity contribution in [2.24, 2.45) is 5.92 Å². The van der Waals surface area contributed by atoms with Crippen molar-refractivity contribution in [2.45, 2.75) is 40.0 Å². The Bertz CT molecular complexity index is 687. The molecule has 1 unspecified atom stereocenters. The molecule has 1 atom stereocenters. The van der Waals surface area contributed by atoms with Gasteiger partial charge >= 0.3 is 5.97 Å². The zero-order valence-corrected chi connectivity index (χ0v) is 17.9. The number of nitrogens with zero attached hydrogens (tertiary/aromatic N) is 3. The van der Waals surface area contributed by atoms with Crippen LogP contribution in [-0.2, 0) is 19.1 Å². The molecule has 0 bridgehead atoms. The van der Waals surface area contributed by atoms with Gasteiger partial charge in [0.05, 0.1) is 31.2 Å². The molecule has 1 aliphatic rings. The summed E-state index contributed by atoms with van der Waals surface area (Å²) in [5.41, 5.74) is 0.926. The Morgan fingerprint density at radius 3 is 2.75 bits per heavy atom. The molecular formula is C19H30N4O4S. The van der Waals surface area contributed by atoms with E-state index in [1.807, 2.05) is 18.7 Å². The van der Waals surface area contributed by atoms with E-state index in [2.05, 4.69) is 10.3 Å². The van der Waals surface area contributed by atoms with Crippen LogP contribution in [0, 0.1) is 19.8 Å². The molecule has 1 N–H and O–H groups in total. The molecule has 1 aromatic heterocycles. The van der Waals surface area contributed by atoms with Gasteiger partial charge in [-0.1, -0.05) is 0 Å². The van der Waals surface area contributed by atoms with Gasteiger partial charge in [-0.15, -0.1) is 11.3 Å². The second-order valence-electron chi connectivity index (χ2n) is 7.10. The summed E-state index contributed by atoms with van der Waals surface area (Å²) in [6.07, 6.45) is 1.86. The molecule has 0 radical (unpaired) electrons. The number of carbonyl (C=O) groups excluding carboxylic acids is 3. The zero-order chi connectivity index (χ0) is 20.7. The fraction of sp³-hybridized carbons (Fsp3) is 0.684. The topological polar surface area (TPSA) is 91.8 Å². The molecule has 9 heteroatoms. The van der Waals surface area contributed by atoms with Crippen LogP contribution in [0.4, 0.5) is 5.13 Å². The summed E-state index contributed by atoms with van der Waals surface area (Å²) in [7, 11) is 1.71. The number of thiazole rings is 1. The van der Waals surface area contributed by atoms with Crippen molar-refractivity contribution < 1.29 is 19.1 Å². The smallest absolute Gasteiger partial charge is 0.307 e. The van der Waals surface area contributed by atoms with Crippen LogP contribution in [0.3, 0.4) is 0 Å². The Morgan fingerprint density at radius 2 is 2.11 bits per heavy atom. The van der Waals surface area contributed by atoms with Crippen molar-refractivity contribution in [2.75, 3.05) is 45.2 Å². The van der Waals surface area contributed by atoms with E-state index in [4.69, 9.17) is 4.74 Å². The van der Waals surface area contributed by atoms with E-state index in [9.17, 15) is 14.4 Å². The maximum absolute atomic E-state index is 12.7. The molecule has 1 aromatic rings. The number of likely N-dealkylation sites (tertiary alicyclic amines) is 1. The lowest BCUT2D eigenvalue weighted by Gasteiger charge is -2.33. The van der Waals surface area contributed by atoms with Gasteiger partial charge in [-0.2, -0.15) is 0 Å². The van der Waals surface area contributed by atoms with Gasteiger partial charge < -0.3 is 15.0 Å². The summed E-state index contributed by atoms with van der Waals surface area (Å²) >= 11 is 1.47. The normalized spacial score (nSPS) is 17.2. The van der Waals surface area contributed by atoms with Gasteiger partial charge in [-0.25, -0.2) is 4.98 Å². The quantitative estimate of drug-likeness (QED) is 0.658. The molecule has 0 aromatic carbocycles. The average Bonchev–Trinajstić information content (AvgIpc) is 2.96. The van der Waals surface area contributed by atoms with Crippen molar-refractivity contribution in [1.29, 1.82) is 0 Å². The Labute approximate surface area is 170 Å². The summed E-state index contributed by atoms with van der Waals surface area (Å²) in [5, 5.41) is 3.46. The highest BCUT2D eigenvalue weighted by Crippen LogP contribution is 2.22. The van der Waals surface area contributed by atoms with Gasteiger partial charge in [-0.05, 0) is 40.2 Å². The van der Waals surface area contributed by atoms with Crippen molar-refractivity contribution >= 4 is 34.3 Å². The Morgan fingerprint density at radius 1 is 1.36 bits per heavy atom. The number of anilines is 1. The number of rotatable bonds is 8. The highest BCUT2D eigenvalue weighted by Gasteiger charge is 2.29. The van der Waals surface area contributed by atoms with Crippen molar-refractivity contribution in [3.63, 3.8) is 0 Å². The van der Waals surface area contributed by atoms with E-state index in [1.54, 1.807) is 18.9 Å². The van der Waals surface area contributed by atoms with Gasteiger partial charge in [0.25, 0.3) is 0 Å². The van der Waals surface area contributed by atoms with E-state index in [-0.39, 0.29) is 36.7 Å². The lowest BCUT2D eigenvalue weighted by molar-refractivity contribution is -0.144. The van der Waals surface area contributed by atoms with Crippen LogP contribution >= 0.6 is 11.3 Å². The second kappa shape index (κ2) is 10.5. The molecule has 28 heavy (non-hydrogen) atoms. The minimum atomic E-state index is -0.295. The highest BCUT2D eigenvalue weighted by atomic mass is 32.1. The number of aromatic nitrogens is 1. The van der Waals surface area contributed by atoms with E-state index >= 15 is 0 Å². The number of esters is 1. The maximum atomic E-state index is 12.7. The SMILES string of the molecule is CCOC(=O)CCN(C)C(=O)C1CCCN(CC(=O)Nc2nc(C)c(C)s2)C1. The van der Waals surface area contributed by atoms with Gasteiger partial charge in [-0.3, -0.25) is 19.3 Å². The summed E-state index contributed by atoms with van der Waals surface area (Å²) in [6.45, 7) is 7.92. The van der Waals surface area contributed by atoms with Crippen LogP contribution in [0.2, 0.25) is 0 Å². The van der Waals surface area contributed by atoms with E-state index < -0.39 is 0 Å². The molecule has 0 spiro atoms. The number of hydrogen-bond acceptors (Lipinski definition) is 7. The molecule has 1 fully saturated rings. The largest absolute Gasteiger partial charge is 0.466 e. The molecular weight excluding hydrogens is 380 g/mol. The van der Waals surface area contributed by atoms with Crippen molar-refractivity contribution in [3.8, 4) is 0 Å². The number of ether oxygens (including phenoxy) is 1. The van der Waals surface area contributed by atoms with Crippen LogP contribution in [-0.4, -0.2) is 72.4 Å². The first-order valence-electron chi connectivity index (χ1n) is 9.67. The fourth-order valence-electron chi connectivity index (χ4n) is 3.20. The predicted molar refractivity (Wildman–Crippen MR) is 108 cm³/mol. The molecule has 2 heterocycles. The van der Waals surface area contributed by atoms with E-state index in [0.29, 0.717) is 24.8 Å². The van der Waals surface area contributed by atoms with Crippen molar-refractivity contribution in [1.82, 2.24) is 14.8 Å². The Kier molecular flexibility index (Phi) is 8.37. The molecule has 2 amide bonds. The fourth-order valence-corrected chi connectivity index (χ4v) is 4.03. The molecule has 2 rings (SSSR count). The molecule has 8 nitrogen and oxygen atoms in total. The molecule has 0 aliphatic carbocycles. The molecule has 1 aliphatic heterocycles. The van der Waals surface area contributed by atoms with Gasteiger partial charge in [0.15, 0.2) is 5.13 Å². The number of hydrogen-bond donors (Lipinski definition) is 1.